The van der Waals surface area contributed by atoms with E-state index in [2.05, 4.69) is 15.3 Å². The molecule has 2 N–H and O–H groups in total. The SMILES string of the molecule is O=C(CCC(=O)N(c1ccc(C(F)(F)F)cc1)c1nccc(-c2cccc(Cl)c2)n1)NC(Cc1ccccc1)C(=O)O. The molecular weight excluding hydrogens is 573 g/mol. The van der Waals surface area contributed by atoms with Crippen LogP contribution in [-0.4, -0.2) is 38.9 Å². The molecule has 0 radical (unpaired) electrons. The molecule has 1 unspecified atom stereocenters. The van der Waals surface area contributed by atoms with Crippen molar-refractivity contribution < 1.29 is 32.7 Å². The lowest BCUT2D eigenvalue weighted by atomic mass is 10.1. The summed E-state index contributed by atoms with van der Waals surface area (Å²) in [7, 11) is 0. The fourth-order valence-electron chi connectivity index (χ4n) is 4.08. The summed E-state index contributed by atoms with van der Waals surface area (Å²) in [5.41, 5.74) is 0.846. The van der Waals surface area contributed by atoms with E-state index in [1.165, 1.54) is 6.20 Å². The topological polar surface area (TPSA) is 112 Å². The number of rotatable bonds is 10. The molecule has 12 heteroatoms. The summed E-state index contributed by atoms with van der Waals surface area (Å²) >= 11 is 6.09. The van der Waals surface area contributed by atoms with Crippen molar-refractivity contribution in [3.63, 3.8) is 0 Å². The molecule has 0 fully saturated rings. The van der Waals surface area contributed by atoms with Crippen LogP contribution in [0.5, 0.6) is 0 Å². The zero-order chi connectivity index (χ0) is 30.3. The molecule has 4 aromatic rings. The van der Waals surface area contributed by atoms with Crippen molar-refractivity contribution in [2.45, 2.75) is 31.5 Å². The quantitative estimate of drug-likeness (QED) is 0.230. The van der Waals surface area contributed by atoms with Crippen molar-refractivity contribution in [3.8, 4) is 11.3 Å². The van der Waals surface area contributed by atoms with Gasteiger partial charge in [-0.1, -0.05) is 54.1 Å². The number of hydrogen-bond donors (Lipinski definition) is 2. The lowest BCUT2D eigenvalue weighted by molar-refractivity contribution is -0.141. The maximum absolute atomic E-state index is 13.4. The largest absolute Gasteiger partial charge is 0.480 e. The van der Waals surface area contributed by atoms with Crippen LogP contribution in [0.3, 0.4) is 0 Å². The molecule has 0 aliphatic rings. The smallest absolute Gasteiger partial charge is 0.416 e. The van der Waals surface area contributed by atoms with Gasteiger partial charge >= 0.3 is 12.1 Å². The second-order valence-electron chi connectivity index (χ2n) is 9.17. The minimum atomic E-state index is -4.59. The Morgan fingerprint density at radius 3 is 2.29 bits per heavy atom. The number of nitrogens with one attached hydrogen (secondary N) is 1. The van der Waals surface area contributed by atoms with Gasteiger partial charge in [0.05, 0.1) is 16.9 Å². The molecule has 0 aliphatic heterocycles. The van der Waals surface area contributed by atoms with E-state index in [9.17, 15) is 32.7 Å². The van der Waals surface area contributed by atoms with E-state index >= 15 is 0 Å². The molecule has 1 atom stereocenters. The maximum Gasteiger partial charge on any atom is 0.416 e. The van der Waals surface area contributed by atoms with Gasteiger partial charge in [0.25, 0.3) is 0 Å². The van der Waals surface area contributed by atoms with E-state index in [1.807, 2.05) is 0 Å². The van der Waals surface area contributed by atoms with Gasteiger partial charge in [-0.2, -0.15) is 13.2 Å². The van der Waals surface area contributed by atoms with Crippen LogP contribution < -0.4 is 10.2 Å². The first-order valence-electron chi connectivity index (χ1n) is 12.7. The molecule has 1 heterocycles. The molecule has 8 nitrogen and oxygen atoms in total. The van der Waals surface area contributed by atoms with Gasteiger partial charge in [-0.3, -0.25) is 9.59 Å². The molecule has 0 bridgehead atoms. The Morgan fingerprint density at radius 1 is 0.929 bits per heavy atom. The molecule has 1 aromatic heterocycles. The number of benzene rings is 3. The van der Waals surface area contributed by atoms with Crippen LogP contribution in [0.15, 0.2) is 91.1 Å². The Morgan fingerprint density at radius 2 is 1.64 bits per heavy atom. The highest BCUT2D eigenvalue weighted by Crippen LogP contribution is 2.32. The van der Waals surface area contributed by atoms with Crippen LogP contribution in [0.4, 0.5) is 24.8 Å². The number of amides is 2. The van der Waals surface area contributed by atoms with Gasteiger partial charge in [0.1, 0.15) is 6.04 Å². The van der Waals surface area contributed by atoms with E-state index in [0.717, 1.165) is 29.2 Å². The van der Waals surface area contributed by atoms with Gasteiger partial charge in [-0.05, 0) is 48.0 Å². The number of halogens is 4. The fourth-order valence-corrected chi connectivity index (χ4v) is 4.27. The zero-order valence-electron chi connectivity index (χ0n) is 21.9. The minimum Gasteiger partial charge on any atom is -0.480 e. The first-order valence-corrected chi connectivity index (χ1v) is 13.0. The van der Waals surface area contributed by atoms with Gasteiger partial charge in [0.2, 0.25) is 17.8 Å². The summed E-state index contributed by atoms with van der Waals surface area (Å²) in [5, 5.41) is 12.4. The summed E-state index contributed by atoms with van der Waals surface area (Å²) in [6.07, 6.45) is -3.96. The van der Waals surface area contributed by atoms with Crippen molar-refractivity contribution in [1.82, 2.24) is 15.3 Å². The molecule has 0 aliphatic carbocycles. The van der Waals surface area contributed by atoms with Crippen LogP contribution in [0.25, 0.3) is 11.3 Å². The van der Waals surface area contributed by atoms with Gasteiger partial charge in [-0.15, -0.1) is 0 Å². The third-order valence-electron chi connectivity index (χ3n) is 6.15. The number of nitrogens with zero attached hydrogens (tertiary/aromatic N) is 3. The Labute approximate surface area is 243 Å². The van der Waals surface area contributed by atoms with Crippen molar-refractivity contribution in [3.05, 3.63) is 107 Å². The zero-order valence-corrected chi connectivity index (χ0v) is 22.6. The van der Waals surface area contributed by atoms with E-state index in [4.69, 9.17) is 11.6 Å². The molecule has 0 saturated carbocycles. The molecule has 0 spiro atoms. The second kappa shape index (κ2) is 13.3. The standard InChI is InChI=1S/C30H24ClF3N4O4/c31-22-8-4-7-20(18-22)24-15-16-35-29(37-24)38(23-11-9-21(10-12-23)30(32,33)34)27(40)14-13-26(39)36-25(28(41)42)17-19-5-2-1-3-6-19/h1-12,15-16,18,25H,13-14,17H2,(H,36,39)(H,41,42). The van der Waals surface area contributed by atoms with E-state index in [-0.39, 0.29) is 24.5 Å². The van der Waals surface area contributed by atoms with E-state index in [1.54, 1.807) is 60.7 Å². The van der Waals surface area contributed by atoms with Crippen molar-refractivity contribution in [2.24, 2.45) is 0 Å². The molecule has 4 rings (SSSR count). The molecule has 2 amide bonds. The van der Waals surface area contributed by atoms with Gasteiger partial charge in [-0.25, -0.2) is 19.7 Å². The normalized spacial score (nSPS) is 11.9. The number of anilines is 2. The molecular formula is C30H24ClF3N4O4. The third kappa shape index (κ3) is 7.91. The lowest BCUT2D eigenvalue weighted by Crippen LogP contribution is -2.42. The Kier molecular flexibility index (Phi) is 9.53. The van der Waals surface area contributed by atoms with Crippen LogP contribution >= 0.6 is 11.6 Å². The number of alkyl halides is 3. The van der Waals surface area contributed by atoms with Gasteiger partial charge in [0, 0.05) is 36.0 Å². The van der Waals surface area contributed by atoms with Crippen molar-refractivity contribution in [2.75, 3.05) is 4.90 Å². The molecule has 3 aromatic carbocycles. The number of carbonyl (C=O) groups excluding carboxylic acids is 2. The van der Waals surface area contributed by atoms with Crippen molar-refractivity contribution >= 4 is 41.0 Å². The molecule has 0 saturated heterocycles. The van der Waals surface area contributed by atoms with E-state index in [0.29, 0.717) is 21.8 Å². The van der Waals surface area contributed by atoms with Crippen LogP contribution in [0.1, 0.15) is 24.0 Å². The summed E-state index contributed by atoms with van der Waals surface area (Å²) < 4.78 is 39.5. The average molecular weight is 597 g/mol. The number of carboxylic acid groups (broad SMARTS) is 1. The van der Waals surface area contributed by atoms with Crippen LogP contribution in [0, 0.1) is 0 Å². The number of aliphatic carboxylic acids is 1. The van der Waals surface area contributed by atoms with Gasteiger partial charge < -0.3 is 10.4 Å². The Bertz CT molecular complexity index is 1570. The van der Waals surface area contributed by atoms with Gasteiger partial charge in [0.15, 0.2) is 0 Å². The number of hydrogen-bond acceptors (Lipinski definition) is 5. The first-order chi connectivity index (χ1) is 20.0. The minimum absolute atomic E-state index is 0.0394. The summed E-state index contributed by atoms with van der Waals surface area (Å²) in [5.74, 6) is -2.75. The monoisotopic (exact) mass is 596 g/mol. The predicted molar refractivity (Wildman–Crippen MR) is 150 cm³/mol. The van der Waals surface area contributed by atoms with Crippen molar-refractivity contribution in [1.29, 1.82) is 0 Å². The highest BCUT2D eigenvalue weighted by Gasteiger charge is 2.31. The summed E-state index contributed by atoms with van der Waals surface area (Å²) in [6.45, 7) is 0. The fraction of sp³-hybridized carbons (Fsp3) is 0.167. The average Bonchev–Trinajstić information content (AvgIpc) is 2.96. The Balaban J connectivity index is 1.56. The number of carboxylic acids is 1. The highest BCUT2D eigenvalue weighted by atomic mass is 35.5. The summed E-state index contributed by atoms with van der Waals surface area (Å²) in [4.78, 5) is 47.4. The van der Waals surface area contributed by atoms with Crippen LogP contribution in [0.2, 0.25) is 5.02 Å². The lowest BCUT2D eigenvalue weighted by Gasteiger charge is -2.22. The van der Waals surface area contributed by atoms with Crippen LogP contribution in [-0.2, 0) is 27.0 Å². The second-order valence-corrected chi connectivity index (χ2v) is 9.61. The number of carbonyl (C=O) groups is 3. The first kappa shape index (κ1) is 30.2. The maximum atomic E-state index is 13.4. The molecule has 42 heavy (non-hydrogen) atoms. The summed E-state index contributed by atoms with van der Waals surface area (Å²) in [6, 6.07) is 19.7. The molecule has 216 valence electrons. The number of aromatic nitrogens is 2. The predicted octanol–water partition coefficient (Wildman–Crippen LogP) is 6.07. The highest BCUT2D eigenvalue weighted by molar-refractivity contribution is 6.30. The third-order valence-corrected chi connectivity index (χ3v) is 6.38. The Hall–Kier alpha value is -4.77. The van der Waals surface area contributed by atoms with E-state index < -0.39 is 42.0 Å².